The van der Waals surface area contributed by atoms with Gasteiger partial charge in [-0.25, -0.2) is 0 Å². The Morgan fingerprint density at radius 2 is 2.03 bits per heavy atom. The van der Waals surface area contributed by atoms with Gasteiger partial charge in [0.15, 0.2) is 0 Å². The van der Waals surface area contributed by atoms with Crippen LogP contribution in [-0.2, 0) is 11.2 Å². The number of amides is 2. The molecule has 0 aromatic carbocycles. The van der Waals surface area contributed by atoms with E-state index in [0.29, 0.717) is 18.2 Å². The highest BCUT2D eigenvalue weighted by molar-refractivity contribution is 7.15. The van der Waals surface area contributed by atoms with Gasteiger partial charge < -0.3 is 10.2 Å². The minimum absolute atomic E-state index is 0.0228. The molecule has 1 fully saturated rings. The molecule has 1 unspecified atom stereocenters. The van der Waals surface area contributed by atoms with Crippen molar-refractivity contribution in [2.45, 2.75) is 64.7 Å². The zero-order chi connectivity index (χ0) is 20.5. The first-order valence-electron chi connectivity index (χ1n) is 10.6. The van der Waals surface area contributed by atoms with Gasteiger partial charge in [-0.15, -0.1) is 21.5 Å². The highest BCUT2D eigenvalue weighted by Crippen LogP contribution is 2.23. The lowest BCUT2D eigenvalue weighted by Crippen LogP contribution is -2.43. The number of nitrogens with zero attached hydrogens (tertiary/aromatic N) is 3. The van der Waals surface area contributed by atoms with E-state index in [1.165, 1.54) is 54.8 Å². The number of hydrogen-bond acceptors (Lipinski definition) is 6. The normalized spacial score (nSPS) is 16.7. The Kier molecular flexibility index (Phi) is 8.61. The minimum atomic E-state index is -0.196. The molecule has 0 radical (unpaired) electrons. The average Bonchev–Trinajstić information content (AvgIpc) is 3.42. The standard InChI is InChI=1S/C21H30N4O2S2/c1-2-3-4-5-6-7-12-18-23-24-21(29-18)22-19(26)16-10-8-13-25(15-16)20(27)17-11-9-14-28-17/h9,11,14,16H,2-8,10,12-13,15H2,1H3,(H,22,24,26). The van der Waals surface area contributed by atoms with Crippen molar-refractivity contribution in [3.05, 3.63) is 27.4 Å². The van der Waals surface area contributed by atoms with E-state index in [9.17, 15) is 9.59 Å². The van der Waals surface area contributed by atoms with E-state index in [1.54, 1.807) is 4.90 Å². The molecular weight excluding hydrogens is 404 g/mol. The van der Waals surface area contributed by atoms with Crippen molar-refractivity contribution < 1.29 is 9.59 Å². The quantitative estimate of drug-likeness (QED) is 0.534. The molecule has 1 saturated heterocycles. The first kappa shape index (κ1) is 21.9. The monoisotopic (exact) mass is 434 g/mol. The van der Waals surface area contributed by atoms with Crippen molar-refractivity contribution in [1.82, 2.24) is 15.1 Å². The Labute approximate surface area is 180 Å². The molecule has 29 heavy (non-hydrogen) atoms. The zero-order valence-corrected chi connectivity index (χ0v) is 18.7. The molecule has 3 rings (SSSR count). The SMILES string of the molecule is CCCCCCCCc1nnc(NC(=O)C2CCCN(C(=O)c3cccs3)C2)s1. The van der Waals surface area contributed by atoms with E-state index < -0.39 is 0 Å². The fraction of sp³-hybridized carbons (Fsp3) is 0.619. The summed E-state index contributed by atoms with van der Waals surface area (Å²) in [7, 11) is 0. The van der Waals surface area contributed by atoms with E-state index >= 15 is 0 Å². The van der Waals surface area contributed by atoms with Crippen LogP contribution in [0.4, 0.5) is 5.13 Å². The summed E-state index contributed by atoms with van der Waals surface area (Å²) in [4.78, 5) is 27.8. The number of carbonyl (C=O) groups is 2. The molecule has 1 aliphatic rings. The Hall–Kier alpha value is -1.80. The number of anilines is 1. The van der Waals surface area contributed by atoms with Crippen molar-refractivity contribution in [3.63, 3.8) is 0 Å². The minimum Gasteiger partial charge on any atom is -0.337 e. The molecule has 158 valence electrons. The Morgan fingerprint density at radius 3 is 2.83 bits per heavy atom. The van der Waals surface area contributed by atoms with Crippen LogP contribution in [0, 0.1) is 5.92 Å². The molecule has 1 aliphatic heterocycles. The molecular formula is C21H30N4O2S2. The summed E-state index contributed by atoms with van der Waals surface area (Å²) in [5.74, 6) is -0.232. The number of hydrogen-bond donors (Lipinski definition) is 1. The lowest BCUT2D eigenvalue weighted by Gasteiger charge is -2.31. The van der Waals surface area contributed by atoms with Gasteiger partial charge in [-0.3, -0.25) is 9.59 Å². The van der Waals surface area contributed by atoms with E-state index in [2.05, 4.69) is 22.4 Å². The van der Waals surface area contributed by atoms with E-state index in [4.69, 9.17) is 0 Å². The van der Waals surface area contributed by atoms with Crippen LogP contribution in [0.25, 0.3) is 0 Å². The number of likely N-dealkylation sites (tertiary alicyclic amines) is 1. The maximum absolute atomic E-state index is 12.7. The Morgan fingerprint density at radius 1 is 1.21 bits per heavy atom. The fourth-order valence-electron chi connectivity index (χ4n) is 3.60. The topological polar surface area (TPSA) is 75.2 Å². The summed E-state index contributed by atoms with van der Waals surface area (Å²) in [6.45, 7) is 3.40. The van der Waals surface area contributed by atoms with Gasteiger partial charge >= 0.3 is 0 Å². The predicted molar refractivity (Wildman–Crippen MR) is 119 cm³/mol. The van der Waals surface area contributed by atoms with Gasteiger partial charge in [-0.2, -0.15) is 0 Å². The van der Waals surface area contributed by atoms with Crippen molar-refractivity contribution in [2.24, 2.45) is 5.92 Å². The number of piperidine rings is 1. The number of rotatable bonds is 10. The van der Waals surface area contributed by atoms with Crippen LogP contribution in [0.5, 0.6) is 0 Å². The van der Waals surface area contributed by atoms with E-state index in [1.807, 2.05) is 17.5 Å². The maximum atomic E-state index is 12.7. The number of thiophene rings is 1. The third kappa shape index (κ3) is 6.60. The molecule has 2 aromatic heterocycles. The second-order valence-electron chi connectivity index (χ2n) is 7.58. The summed E-state index contributed by atoms with van der Waals surface area (Å²) in [5.41, 5.74) is 0. The lowest BCUT2D eigenvalue weighted by atomic mass is 9.97. The van der Waals surface area contributed by atoms with E-state index in [-0.39, 0.29) is 17.7 Å². The third-order valence-electron chi connectivity index (χ3n) is 5.25. The van der Waals surface area contributed by atoms with Crippen LogP contribution in [0.1, 0.15) is 73.0 Å². The molecule has 1 N–H and O–H groups in total. The third-order valence-corrected chi connectivity index (χ3v) is 7.01. The lowest BCUT2D eigenvalue weighted by molar-refractivity contribution is -0.121. The fourth-order valence-corrected chi connectivity index (χ4v) is 5.08. The Balaban J connectivity index is 1.44. The van der Waals surface area contributed by atoms with Crippen LogP contribution < -0.4 is 5.32 Å². The molecule has 1 atom stereocenters. The number of unbranched alkanes of at least 4 members (excludes halogenated alkanes) is 5. The largest absolute Gasteiger partial charge is 0.337 e. The van der Waals surface area contributed by atoms with Crippen LogP contribution in [-0.4, -0.2) is 40.0 Å². The summed E-state index contributed by atoms with van der Waals surface area (Å²) in [5, 5.41) is 14.7. The van der Waals surface area contributed by atoms with Crippen molar-refractivity contribution in [1.29, 1.82) is 0 Å². The molecule has 0 spiro atoms. The van der Waals surface area contributed by atoms with Crippen LogP contribution in [0.3, 0.4) is 0 Å². The summed E-state index contributed by atoms with van der Waals surface area (Å²) in [6, 6.07) is 3.72. The Bertz CT molecular complexity index is 776. The molecule has 0 bridgehead atoms. The van der Waals surface area contributed by atoms with Gasteiger partial charge in [0.2, 0.25) is 11.0 Å². The van der Waals surface area contributed by atoms with Crippen LogP contribution in [0.15, 0.2) is 17.5 Å². The maximum Gasteiger partial charge on any atom is 0.263 e. The van der Waals surface area contributed by atoms with Gasteiger partial charge in [-0.05, 0) is 30.7 Å². The molecule has 0 saturated carbocycles. The first-order chi connectivity index (χ1) is 14.2. The van der Waals surface area contributed by atoms with Crippen molar-refractivity contribution in [2.75, 3.05) is 18.4 Å². The number of carbonyl (C=O) groups excluding carboxylic acids is 2. The van der Waals surface area contributed by atoms with Gasteiger partial charge in [0.25, 0.3) is 5.91 Å². The number of nitrogens with one attached hydrogen (secondary N) is 1. The van der Waals surface area contributed by atoms with Crippen LogP contribution >= 0.6 is 22.7 Å². The van der Waals surface area contributed by atoms with E-state index in [0.717, 1.165) is 35.6 Å². The second kappa shape index (κ2) is 11.4. The van der Waals surface area contributed by atoms with Gasteiger partial charge in [0, 0.05) is 19.5 Å². The molecule has 8 heteroatoms. The first-order valence-corrected chi connectivity index (χ1v) is 12.3. The van der Waals surface area contributed by atoms with Gasteiger partial charge in [0.05, 0.1) is 10.8 Å². The smallest absolute Gasteiger partial charge is 0.263 e. The summed E-state index contributed by atoms with van der Waals surface area (Å²) in [6.07, 6.45) is 10.1. The highest BCUT2D eigenvalue weighted by Gasteiger charge is 2.29. The predicted octanol–water partition coefficient (Wildman–Crippen LogP) is 4.99. The van der Waals surface area contributed by atoms with Crippen LogP contribution in [0.2, 0.25) is 0 Å². The molecule has 0 aliphatic carbocycles. The highest BCUT2D eigenvalue weighted by atomic mass is 32.1. The summed E-state index contributed by atoms with van der Waals surface area (Å²) >= 11 is 2.91. The zero-order valence-electron chi connectivity index (χ0n) is 17.1. The average molecular weight is 435 g/mol. The summed E-state index contributed by atoms with van der Waals surface area (Å²) < 4.78 is 0. The molecule has 2 amide bonds. The second-order valence-corrected chi connectivity index (χ2v) is 9.59. The van der Waals surface area contributed by atoms with Crippen molar-refractivity contribution >= 4 is 39.6 Å². The van der Waals surface area contributed by atoms with Gasteiger partial charge in [0.1, 0.15) is 5.01 Å². The molecule has 2 aromatic rings. The number of aromatic nitrogens is 2. The molecule has 3 heterocycles. The van der Waals surface area contributed by atoms with Gasteiger partial charge in [-0.1, -0.05) is 56.4 Å². The number of aryl methyl sites for hydroxylation is 1. The van der Waals surface area contributed by atoms with Crippen molar-refractivity contribution in [3.8, 4) is 0 Å². The molecule has 6 nitrogen and oxygen atoms in total.